The SMILES string of the molecule is O=C(Cc1ccsc1)N1CC2(CC(Oc3ccccn3)CS2)C1. The van der Waals surface area contributed by atoms with Gasteiger partial charge in [-0.25, -0.2) is 4.98 Å². The van der Waals surface area contributed by atoms with Crippen molar-refractivity contribution in [3.05, 3.63) is 46.8 Å². The van der Waals surface area contributed by atoms with E-state index < -0.39 is 0 Å². The molecule has 2 aliphatic heterocycles. The van der Waals surface area contributed by atoms with Crippen molar-refractivity contribution in [2.24, 2.45) is 0 Å². The predicted octanol–water partition coefficient (Wildman–Crippen LogP) is 2.85. The van der Waals surface area contributed by atoms with Gasteiger partial charge in [-0.15, -0.1) is 11.8 Å². The smallest absolute Gasteiger partial charge is 0.227 e. The molecule has 0 N–H and O–H groups in total. The molecule has 0 aromatic carbocycles. The van der Waals surface area contributed by atoms with E-state index >= 15 is 0 Å². The van der Waals surface area contributed by atoms with Crippen LogP contribution in [-0.2, 0) is 11.2 Å². The largest absolute Gasteiger partial charge is 0.473 e. The lowest BCUT2D eigenvalue weighted by Crippen LogP contribution is -2.61. The van der Waals surface area contributed by atoms with Gasteiger partial charge in [0.15, 0.2) is 0 Å². The van der Waals surface area contributed by atoms with E-state index in [1.54, 1.807) is 17.5 Å². The minimum Gasteiger partial charge on any atom is -0.473 e. The normalized spacial score (nSPS) is 22.1. The van der Waals surface area contributed by atoms with Gasteiger partial charge >= 0.3 is 0 Å². The van der Waals surface area contributed by atoms with Crippen LogP contribution >= 0.6 is 23.1 Å². The highest BCUT2D eigenvalue weighted by Crippen LogP contribution is 2.46. The molecule has 4 rings (SSSR count). The zero-order valence-corrected chi connectivity index (χ0v) is 14.3. The summed E-state index contributed by atoms with van der Waals surface area (Å²) in [5, 5.41) is 4.07. The van der Waals surface area contributed by atoms with E-state index in [-0.39, 0.29) is 16.8 Å². The van der Waals surface area contributed by atoms with Crippen LogP contribution in [-0.4, -0.2) is 45.5 Å². The first-order valence-corrected chi connectivity index (χ1v) is 9.66. The number of likely N-dealkylation sites (tertiary alicyclic amines) is 1. The summed E-state index contributed by atoms with van der Waals surface area (Å²) < 4.78 is 6.15. The van der Waals surface area contributed by atoms with Crippen LogP contribution in [0.2, 0.25) is 0 Å². The van der Waals surface area contributed by atoms with Gasteiger partial charge in [0.05, 0.1) is 11.2 Å². The number of ether oxygens (including phenoxy) is 1. The maximum absolute atomic E-state index is 12.3. The lowest BCUT2D eigenvalue weighted by Gasteiger charge is -2.47. The first kappa shape index (κ1) is 15.0. The third-order valence-electron chi connectivity index (χ3n) is 4.35. The molecule has 4 heterocycles. The maximum atomic E-state index is 12.3. The van der Waals surface area contributed by atoms with Gasteiger partial charge in [0.25, 0.3) is 0 Å². The monoisotopic (exact) mass is 346 g/mol. The lowest BCUT2D eigenvalue weighted by molar-refractivity contribution is -0.135. The number of carbonyl (C=O) groups excluding carboxylic acids is 1. The molecule has 23 heavy (non-hydrogen) atoms. The molecule has 2 aromatic heterocycles. The molecular weight excluding hydrogens is 328 g/mol. The van der Waals surface area contributed by atoms with Crippen molar-refractivity contribution in [1.29, 1.82) is 0 Å². The van der Waals surface area contributed by atoms with E-state index in [1.165, 1.54) is 0 Å². The Morgan fingerprint density at radius 3 is 3.04 bits per heavy atom. The van der Waals surface area contributed by atoms with Gasteiger partial charge in [0.2, 0.25) is 11.8 Å². The van der Waals surface area contributed by atoms with Crippen molar-refractivity contribution in [2.75, 3.05) is 18.8 Å². The number of carbonyl (C=O) groups is 1. The number of pyridine rings is 1. The highest BCUT2D eigenvalue weighted by atomic mass is 32.2. The fourth-order valence-electron chi connectivity index (χ4n) is 3.19. The molecule has 2 aromatic rings. The minimum absolute atomic E-state index is 0.198. The average molecular weight is 346 g/mol. The fraction of sp³-hybridized carbons (Fsp3) is 0.412. The van der Waals surface area contributed by atoms with E-state index in [2.05, 4.69) is 10.4 Å². The summed E-state index contributed by atoms with van der Waals surface area (Å²) in [6.07, 6.45) is 3.47. The Bertz CT molecular complexity index is 669. The summed E-state index contributed by atoms with van der Waals surface area (Å²) in [6, 6.07) is 7.75. The second kappa shape index (κ2) is 6.17. The van der Waals surface area contributed by atoms with Gasteiger partial charge in [-0.05, 0) is 28.5 Å². The standard InChI is InChI=1S/C17H18N2O2S2/c20-16(7-13-4-6-22-9-13)19-11-17(12-19)8-14(10-23-17)21-15-3-1-2-5-18-15/h1-6,9,14H,7-8,10-12H2. The van der Waals surface area contributed by atoms with E-state index in [0.29, 0.717) is 12.3 Å². The molecule has 1 unspecified atom stereocenters. The summed E-state index contributed by atoms with van der Waals surface area (Å²) in [5.41, 5.74) is 1.12. The van der Waals surface area contributed by atoms with Crippen molar-refractivity contribution in [3.8, 4) is 5.88 Å². The van der Waals surface area contributed by atoms with Crippen molar-refractivity contribution >= 4 is 29.0 Å². The molecule has 6 heteroatoms. The Kier molecular flexibility index (Phi) is 4.03. The van der Waals surface area contributed by atoms with E-state index in [0.717, 1.165) is 30.8 Å². The molecule has 0 aliphatic carbocycles. The van der Waals surface area contributed by atoms with Crippen LogP contribution in [0.3, 0.4) is 0 Å². The summed E-state index contributed by atoms with van der Waals surface area (Å²) in [5.74, 6) is 1.91. The first-order chi connectivity index (χ1) is 11.2. The molecule has 4 nitrogen and oxygen atoms in total. The van der Waals surface area contributed by atoms with Gasteiger partial charge < -0.3 is 9.64 Å². The number of thiophene rings is 1. The second-order valence-electron chi connectivity index (χ2n) is 6.16. The van der Waals surface area contributed by atoms with Crippen LogP contribution in [0.15, 0.2) is 41.2 Å². The molecule has 2 aliphatic rings. The maximum Gasteiger partial charge on any atom is 0.227 e. The summed E-state index contributed by atoms with van der Waals surface area (Å²) in [7, 11) is 0. The van der Waals surface area contributed by atoms with Gasteiger partial charge in [-0.1, -0.05) is 6.07 Å². The Hall–Kier alpha value is -1.53. The van der Waals surface area contributed by atoms with Crippen molar-refractivity contribution in [2.45, 2.75) is 23.7 Å². The third kappa shape index (κ3) is 3.23. The molecule has 0 radical (unpaired) electrons. The second-order valence-corrected chi connectivity index (χ2v) is 8.43. The quantitative estimate of drug-likeness (QED) is 0.854. The van der Waals surface area contributed by atoms with Crippen molar-refractivity contribution in [3.63, 3.8) is 0 Å². The molecule has 2 fully saturated rings. The van der Waals surface area contributed by atoms with E-state index in [9.17, 15) is 4.79 Å². The van der Waals surface area contributed by atoms with Crippen LogP contribution in [0, 0.1) is 0 Å². The zero-order chi connectivity index (χ0) is 15.7. The van der Waals surface area contributed by atoms with Crippen LogP contribution in [0.5, 0.6) is 5.88 Å². The highest BCUT2D eigenvalue weighted by Gasteiger charge is 2.51. The molecule has 0 bridgehead atoms. The first-order valence-electron chi connectivity index (χ1n) is 7.73. The fourth-order valence-corrected chi connectivity index (χ4v) is 5.38. The Morgan fingerprint density at radius 1 is 1.39 bits per heavy atom. The van der Waals surface area contributed by atoms with Crippen molar-refractivity contribution in [1.82, 2.24) is 9.88 Å². The Balaban J connectivity index is 1.28. The summed E-state index contributed by atoms with van der Waals surface area (Å²) in [4.78, 5) is 18.5. The lowest BCUT2D eigenvalue weighted by atomic mass is 9.92. The minimum atomic E-state index is 0.198. The average Bonchev–Trinajstić information content (AvgIpc) is 3.16. The van der Waals surface area contributed by atoms with Crippen molar-refractivity contribution < 1.29 is 9.53 Å². The molecule has 1 spiro atoms. The third-order valence-corrected chi connectivity index (χ3v) is 6.65. The zero-order valence-electron chi connectivity index (χ0n) is 12.7. The molecule has 1 amide bonds. The number of rotatable bonds is 4. The number of hydrogen-bond donors (Lipinski definition) is 0. The highest BCUT2D eigenvalue weighted by molar-refractivity contribution is 8.01. The van der Waals surface area contributed by atoms with Crippen LogP contribution in [0.1, 0.15) is 12.0 Å². The van der Waals surface area contributed by atoms with E-state index in [4.69, 9.17) is 4.74 Å². The van der Waals surface area contributed by atoms with Gasteiger partial charge in [0.1, 0.15) is 6.10 Å². The van der Waals surface area contributed by atoms with Gasteiger partial charge in [-0.2, -0.15) is 11.3 Å². The Morgan fingerprint density at radius 2 is 2.30 bits per heavy atom. The number of amides is 1. The van der Waals surface area contributed by atoms with Crippen LogP contribution in [0.4, 0.5) is 0 Å². The summed E-state index contributed by atoms with van der Waals surface area (Å²) in [6.45, 7) is 1.70. The number of hydrogen-bond acceptors (Lipinski definition) is 5. The molecule has 1 atom stereocenters. The number of nitrogens with zero attached hydrogens (tertiary/aromatic N) is 2. The number of aromatic nitrogens is 1. The van der Waals surface area contributed by atoms with Gasteiger partial charge in [-0.3, -0.25) is 4.79 Å². The predicted molar refractivity (Wildman–Crippen MR) is 93.1 cm³/mol. The Labute approximate surface area is 143 Å². The van der Waals surface area contributed by atoms with E-state index in [1.807, 2.05) is 46.3 Å². The topological polar surface area (TPSA) is 42.4 Å². The molecular formula is C17H18N2O2S2. The number of thioether (sulfide) groups is 1. The molecule has 120 valence electrons. The molecule has 2 saturated heterocycles. The van der Waals surface area contributed by atoms with Crippen LogP contribution < -0.4 is 4.74 Å². The van der Waals surface area contributed by atoms with Gasteiger partial charge in [0, 0.05) is 37.5 Å². The molecule has 0 saturated carbocycles. The van der Waals surface area contributed by atoms with Crippen LogP contribution in [0.25, 0.3) is 0 Å². The summed E-state index contributed by atoms with van der Waals surface area (Å²) >= 11 is 3.58.